The average Bonchev–Trinajstić information content (AvgIpc) is 3.06. The summed E-state index contributed by atoms with van der Waals surface area (Å²) in [4.78, 5) is 34.8. The maximum atomic E-state index is 13.2. The van der Waals surface area contributed by atoms with Gasteiger partial charge in [-0.05, 0) is 45.1 Å². The SMILES string of the molecule is CCn1c(SC(C)C(=O)N2CCOCC2)nc2sc3c(c2c1=O)CCCC3. The molecule has 0 saturated carbocycles. The number of morpholine rings is 1. The first-order valence-electron chi connectivity index (χ1n) is 9.68. The molecule has 1 aliphatic heterocycles. The number of thioether (sulfide) groups is 1. The Balaban J connectivity index is 1.66. The fraction of sp³-hybridized carbons (Fsp3) is 0.632. The molecule has 6 nitrogen and oxygen atoms in total. The van der Waals surface area contributed by atoms with Crippen LogP contribution in [0.25, 0.3) is 10.2 Å². The van der Waals surface area contributed by atoms with Crippen LogP contribution < -0.4 is 5.56 Å². The largest absolute Gasteiger partial charge is 0.378 e. The molecule has 4 rings (SSSR count). The summed E-state index contributed by atoms with van der Waals surface area (Å²) in [5, 5.41) is 1.19. The summed E-state index contributed by atoms with van der Waals surface area (Å²) in [5.74, 6) is 0.0887. The lowest BCUT2D eigenvalue weighted by Crippen LogP contribution is -2.44. The maximum absolute atomic E-state index is 13.2. The number of rotatable bonds is 4. The summed E-state index contributed by atoms with van der Waals surface area (Å²) in [6.45, 7) is 6.88. The number of aromatic nitrogens is 2. The van der Waals surface area contributed by atoms with E-state index in [1.165, 1.54) is 28.6 Å². The minimum absolute atomic E-state index is 0.0513. The molecule has 1 fully saturated rings. The van der Waals surface area contributed by atoms with E-state index in [1.807, 2.05) is 18.7 Å². The second kappa shape index (κ2) is 7.93. The third-order valence-corrected chi connectivity index (χ3v) is 7.57. The number of carbonyl (C=O) groups is 1. The van der Waals surface area contributed by atoms with E-state index >= 15 is 0 Å². The topological polar surface area (TPSA) is 64.4 Å². The zero-order valence-corrected chi connectivity index (χ0v) is 17.5. The smallest absolute Gasteiger partial charge is 0.263 e. The number of aryl methyl sites for hydroxylation is 2. The van der Waals surface area contributed by atoms with Crippen molar-refractivity contribution in [1.82, 2.24) is 14.5 Å². The van der Waals surface area contributed by atoms with Crippen LogP contribution in [0.4, 0.5) is 0 Å². The fourth-order valence-corrected chi connectivity index (χ4v) is 6.20. The van der Waals surface area contributed by atoms with Gasteiger partial charge in [0.1, 0.15) is 4.83 Å². The number of hydrogen-bond acceptors (Lipinski definition) is 6. The van der Waals surface area contributed by atoms with E-state index in [0.29, 0.717) is 38.0 Å². The number of nitrogens with zero attached hydrogens (tertiary/aromatic N) is 3. The predicted molar refractivity (Wildman–Crippen MR) is 109 cm³/mol. The molecule has 0 radical (unpaired) electrons. The maximum Gasteiger partial charge on any atom is 0.263 e. The molecule has 1 saturated heterocycles. The molecular formula is C19H25N3O3S2. The minimum atomic E-state index is -0.278. The van der Waals surface area contributed by atoms with Crippen molar-refractivity contribution in [3.05, 3.63) is 20.8 Å². The standard InChI is InChI=1S/C19H25N3O3S2/c1-3-22-18(24)15-13-6-4-5-7-14(13)27-16(15)20-19(22)26-12(2)17(23)21-8-10-25-11-9-21/h12H,3-11H2,1-2H3. The Hall–Kier alpha value is -1.38. The van der Waals surface area contributed by atoms with Crippen LogP contribution in [0.2, 0.25) is 0 Å². The molecule has 146 valence electrons. The molecule has 8 heteroatoms. The Morgan fingerprint density at radius 1 is 1.30 bits per heavy atom. The van der Waals surface area contributed by atoms with Gasteiger partial charge in [-0.25, -0.2) is 4.98 Å². The van der Waals surface area contributed by atoms with E-state index in [2.05, 4.69) is 0 Å². The Kier molecular flexibility index (Phi) is 5.57. The van der Waals surface area contributed by atoms with E-state index < -0.39 is 0 Å². The molecule has 2 aliphatic rings. The summed E-state index contributed by atoms with van der Waals surface area (Å²) >= 11 is 3.06. The third-order valence-electron chi connectivity index (χ3n) is 5.31. The first-order chi connectivity index (χ1) is 13.1. The second-order valence-corrected chi connectivity index (χ2v) is 9.42. The van der Waals surface area contributed by atoms with Crippen molar-refractivity contribution in [3.63, 3.8) is 0 Å². The first-order valence-corrected chi connectivity index (χ1v) is 11.4. The van der Waals surface area contributed by atoms with E-state index in [1.54, 1.807) is 15.9 Å². The van der Waals surface area contributed by atoms with Crippen molar-refractivity contribution in [2.24, 2.45) is 0 Å². The van der Waals surface area contributed by atoms with Crippen LogP contribution >= 0.6 is 23.1 Å². The van der Waals surface area contributed by atoms with Crippen molar-refractivity contribution in [2.45, 2.75) is 56.5 Å². The lowest BCUT2D eigenvalue weighted by Gasteiger charge is -2.29. The highest BCUT2D eigenvalue weighted by atomic mass is 32.2. The molecule has 27 heavy (non-hydrogen) atoms. The lowest BCUT2D eigenvalue weighted by molar-refractivity contribution is -0.134. The number of ether oxygens (including phenoxy) is 1. The van der Waals surface area contributed by atoms with E-state index in [9.17, 15) is 9.59 Å². The van der Waals surface area contributed by atoms with Gasteiger partial charge in [0.15, 0.2) is 5.16 Å². The van der Waals surface area contributed by atoms with Gasteiger partial charge in [0, 0.05) is 24.5 Å². The number of thiophene rings is 1. The minimum Gasteiger partial charge on any atom is -0.378 e. The van der Waals surface area contributed by atoms with Crippen LogP contribution in [0, 0.1) is 0 Å². The molecule has 3 heterocycles. The van der Waals surface area contributed by atoms with Gasteiger partial charge in [-0.2, -0.15) is 0 Å². The van der Waals surface area contributed by atoms with E-state index in [0.717, 1.165) is 29.5 Å². The third kappa shape index (κ3) is 3.54. The zero-order chi connectivity index (χ0) is 19.0. The molecule has 0 aromatic carbocycles. The molecule has 1 unspecified atom stereocenters. The van der Waals surface area contributed by atoms with Gasteiger partial charge >= 0.3 is 0 Å². The molecular weight excluding hydrogens is 382 g/mol. The quantitative estimate of drug-likeness (QED) is 0.576. The van der Waals surface area contributed by atoms with Crippen LogP contribution in [-0.4, -0.2) is 51.9 Å². The highest BCUT2D eigenvalue weighted by molar-refractivity contribution is 8.00. The lowest BCUT2D eigenvalue weighted by atomic mass is 9.97. The number of carbonyl (C=O) groups excluding carboxylic acids is 1. The first kappa shape index (κ1) is 19.0. The number of fused-ring (bicyclic) bond motifs is 3. The molecule has 1 aliphatic carbocycles. The average molecular weight is 408 g/mol. The molecule has 2 aromatic heterocycles. The summed E-state index contributed by atoms with van der Waals surface area (Å²) in [6, 6.07) is 0. The highest BCUT2D eigenvalue weighted by Gasteiger charge is 2.26. The Bertz CT molecular complexity index is 915. The van der Waals surface area contributed by atoms with Crippen molar-refractivity contribution >= 4 is 39.2 Å². The Labute approximate surface area is 166 Å². The van der Waals surface area contributed by atoms with Crippen molar-refractivity contribution in [3.8, 4) is 0 Å². The van der Waals surface area contributed by atoms with E-state index in [4.69, 9.17) is 9.72 Å². The van der Waals surface area contributed by atoms with E-state index in [-0.39, 0.29) is 16.7 Å². The summed E-state index contributed by atoms with van der Waals surface area (Å²) in [5.41, 5.74) is 1.27. The van der Waals surface area contributed by atoms with Gasteiger partial charge in [-0.1, -0.05) is 11.8 Å². The van der Waals surface area contributed by atoms with Gasteiger partial charge < -0.3 is 9.64 Å². The van der Waals surface area contributed by atoms with Gasteiger partial charge in [-0.3, -0.25) is 14.2 Å². The molecule has 2 aromatic rings. The van der Waals surface area contributed by atoms with Crippen LogP contribution in [-0.2, 0) is 28.9 Å². The second-order valence-electron chi connectivity index (χ2n) is 7.03. The Morgan fingerprint density at radius 2 is 2.04 bits per heavy atom. The summed E-state index contributed by atoms with van der Waals surface area (Å²) in [7, 11) is 0. The van der Waals surface area contributed by atoms with Gasteiger partial charge in [-0.15, -0.1) is 11.3 Å². The monoisotopic (exact) mass is 407 g/mol. The molecule has 0 spiro atoms. The summed E-state index contributed by atoms with van der Waals surface area (Å²) in [6.07, 6.45) is 4.37. The predicted octanol–water partition coefficient (Wildman–Crippen LogP) is 2.70. The van der Waals surface area contributed by atoms with Gasteiger partial charge in [0.05, 0.1) is 23.8 Å². The Morgan fingerprint density at radius 3 is 2.78 bits per heavy atom. The van der Waals surface area contributed by atoms with Crippen LogP contribution in [0.1, 0.15) is 37.1 Å². The van der Waals surface area contributed by atoms with Gasteiger partial charge in [0.25, 0.3) is 5.56 Å². The van der Waals surface area contributed by atoms with Crippen molar-refractivity contribution in [1.29, 1.82) is 0 Å². The normalized spacial score (nSPS) is 18.5. The molecule has 1 amide bonds. The van der Waals surface area contributed by atoms with Crippen LogP contribution in [0.3, 0.4) is 0 Å². The van der Waals surface area contributed by atoms with Crippen molar-refractivity contribution in [2.75, 3.05) is 26.3 Å². The van der Waals surface area contributed by atoms with Gasteiger partial charge in [0.2, 0.25) is 5.91 Å². The summed E-state index contributed by atoms with van der Waals surface area (Å²) < 4.78 is 7.06. The van der Waals surface area contributed by atoms with Crippen LogP contribution in [0.15, 0.2) is 9.95 Å². The molecule has 1 atom stereocenters. The molecule has 0 N–H and O–H groups in total. The highest BCUT2D eigenvalue weighted by Crippen LogP contribution is 2.35. The van der Waals surface area contributed by atoms with Crippen LogP contribution in [0.5, 0.6) is 0 Å². The van der Waals surface area contributed by atoms with Crippen molar-refractivity contribution < 1.29 is 9.53 Å². The zero-order valence-electron chi connectivity index (χ0n) is 15.8. The number of hydrogen-bond donors (Lipinski definition) is 0. The fourth-order valence-electron chi connectivity index (χ4n) is 3.84. The molecule has 0 bridgehead atoms. The number of amides is 1.